The van der Waals surface area contributed by atoms with Gasteiger partial charge in [-0.05, 0) is 18.6 Å². The molecule has 0 aliphatic carbocycles. The molecule has 66 valence electrons. The topological polar surface area (TPSA) is 29.1 Å². The molecule has 0 saturated heterocycles. The van der Waals surface area contributed by atoms with Crippen LogP contribution in [0, 0.1) is 0 Å². The van der Waals surface area contributed by atoms with E-state index in [1.807, 2.05) is 37.3 Å². The number of carbonyl (C=O) groups is 1. The van der Waals surface area contributed by atoms with Gasteiger partial charge in [0.2, 0.25) is 0 Å². The molecule has 0 spiro atoms. The van der Waals surface area contributed by atoms with E-state index >= 15 is 0 Å². The van der Waals surface area contributed by atoms with E-state index in [1.165, 1.54) is 0 Å². The summed E-state index contributed by atoms with van der Waals surface area (Å²) < 4.78 is 0. The van der Waals surface area contributed by atoms with E-state index in [1.54, 1.807) is 0 Å². The summed E-state index contributed by atoms with van der Waals surface area (Å²) in [5, 5.41) is 2.81. The molecule has 1 N–H and O–H groups in total. The zero-order valence-corrected chi connectivity index (χ0v) is 7.21. The van der Waals surface area contributed by atoms with Crippen molar-refractivity contribution in [3.8, 4) is 0 Å². The fourth-order valence-electron chi connectivity index (χ4n) is 0.930. The van der Waals surface area contributed by atoms with Gasteiger partial charge in [0.25, 0.3) is 5.91 Å². The Morgan fingerprint density at radius 1 is 1.31 bits per heavy atom. The number of benzene rings is 1. The second-order valence-corrected chi connectivity index (χ2v) is 2.62. The van der Waals surface area contributed by atoms with Crippen molar-refractivity contribution >= 4 is 24.8 Å². The second kappa shape index (κ2) is 6.77. The first kappa shape index (κ1) is 12.3. The van der Waals surface area contributed by atoms with Crippen molar-refractivity contribution in [3.63, 3.8) is 0 Å². The summed E-state index contributed by atoms with van der Waals surface area (Å²) >= 11 is 0. The summed E-state index contributed by atoms with van der Waals surface area (Å²) in [6, 6.07) is 9.24. The number of hydrogen-bond acceptors (Lipinski definition) is 1. The van der Waals surface area contributed by atoms with Gasteiger partial charge in [0.05, 0.1) is 0 Å². The van der Waals surface area contributed by atoms with Crippen LogP contribution in [0.4, 0.5) is 0 Å². The molecule has 1 aromatic rings. The van der Waals surface area contributed by atoms with Gasteiger partial charge in [0, 0.05) is 12.1 Å². The van der Waals surface area contributed by atoms with Crippen LogP contribution in [0.15, 0.2) is 30.3 Å². The molecule has 0 heterocycles. The molecule has 2 nitrogen and oxygen atoms in total. The van der Waals surface area contributed by atoms with Crippen molar-refractivity contribution in [2.45, 2.75) is 13.3 Å². The van der Waals surface area contributed by atoms with E-state index in [9.17, 15) is 4.79 Å². The maximum absolute atomic E-state index is 11.3. The van der Waals surface area contributed by atoms with Crippen molar-refractivity contribution in [2.24, 2.45) is 0 Å². The van der Waals surface area contributed by atoms with Gasteiger partial charge in [0.1, 0.15) is 0 Å². The number of carbonyl (C=O) groups excluding carboxylic acids is 1. The fraction of sp³-hybridized carbons (Fsp3) is 0.300. The standard InChI is InChI=1S/C10H13NO.Li.H/c1-2-8-11-10(12)9-6-4-3-5-7-9;;/h3-7H,2,8H2,1H3,(H,11,12);;. The minimum absolute atomic E-state index is 0. The molecule has 1 rings (SSSR count). The summed E-state index contributed by atoms with van der Waals surface area (Å²) in [7, 11) is 0. The number of nitrogens with one attached hydrogen (secondary N) is 1. The quantitative estimate of drug-likeness (QED) is 0.680. The van der Waals surface area contributed by atoms with Gasteiger partial charge in [-0.2, -0.15) is 0 Å². The third-order valence-corrected chi connectivity index (χ3v) is 1.57. The Morgan fingerprint density at radius 3 is 2.46 bits per heavy atom. The molecular weight excluding hydrogens is 157 g/mol. The maximum atomic E-state index is 11.3. The second-order valence-electron chi connectivity index (χ2n) is 2.62. The molecule has 0 aliphatic rings. The molecule has 0 atom stereocenters. The average molecular weight is 171 g/mol. The molecule has 0 fully saturated rings. The van der Waals surface area contributed by atoms with E-state index in [0.29, 0.717) is 0 Å². The fourth-order valence-corrected chi connectivity index (χ4v) is 0.930. The van der Waals surface area contributed by atoms with E-state index in [2.05, 4.69) is 5.32 Å². The van der Waals surface area contributed by atoms with Gasteiger partial charge in [-0.25, -0.2) is 0 Å². The van der Waals surface area contributed by atoms with Crippen molar-refractivity contribution < 1.29 is 4.79 Å². The van der Waals surface area contributed by atoms with Gasteiger partial charge >= 0.3 is 18.9 Å². The predicted molar refractivity (Wildman–Crippen MR) is 56.2 cm³/mol. The first-order valence-electron chi connectivity index (χ1n) is 4.18. The normalized spacial score (nSPS) is 8.69. The van der Waals surface area contributed by atoms with E-state index in [-0.39, 0.29) is 24.8 Å². The van der Waals surface area contributed by atoms with Crippen molar-refractivity contribution in [1.29, 1.82) is 0 Å². The third kappa shape index (κ3) is 4.17. The number of amides is 1. The molecule has 1 aromatic carbocycles. The summed E-state index contributed by atoms with van der Waals surface area (Å²) in [6.45, 7) is 2.78. The van der Waals surface area contributed by atoms with Gasteiger partial charge in [-0.1, -0.05) is 25.1 Å². The van der Waals surface area contributed by atoms with Crippen molar-refractivity contribution in [3.05, 3.63) is 35.9 Å². The molecule has 0 unspecified atom stereocenters. The Kier molecular flexibility index (Phi) is 6.40. The van der Waals surface area contributed by atoms with Crippen LogP contribution in [-0.4, -0.2) is 31.3 Å². The van der Waals surface area contributed by atoms with Crippen LogP contribution in [0.3, 0.4) is 0 Å². The van der Waals surface area contributed by atoms with Crippen LogP contribution >= 0.6 is 0 Å². The Labute approximate surface area is 90.9 Å². The van der Waals surface area contributed by atoms with Crippen LogP contribution in [0.2, 0.25) is 0 Å². The van der Waals surface area contributed by atoms with Gasteiger partial charge in [0.15, 0.2) is 0 Å². The zero-order chi connectivity index (χ0) is 8.81. The molecule has 0 radical (unpaired) electrons. The monoisotopic (exact) mass is 171 g/mol. The molecule has 0 bridgehead atoms. The predicted octanol–water partition coefficient (Wildman–Crippen LogP) is 1.18. The Balaban J connectivity index is 0.00000144. The Hall–Kier alpha value is -0.713. The molecule has 13 heavy (non-hydrogen) atoms. The van der Waals surface area contributed by atoms with Crippen LogP contribution < -0.4 is 5.32 Å². The van der Waals surface area contributed by atoms with Crippen molar-refractivity contribution in [2.75, 3.05) is 6.54 Å². The van der Waals surface area contributed by atoms with Crippen LogP contribution in [0.25, 0.3) is 0 Å². The zero-order valence-electron chi connectivity index (χ0n) is 7.21. The van der Waals surface area contributed by atoms with E-state index < -0.39 is 0 Å². The number of hydrogen-bond donors (Lipinski definition) is 1. The molecule has 0 saturated carbocycles. The molecule has 3 heteroatoms. The summed E-state index contributed by atoms with van der Waals surface area (Å²) in [5.74, 6) is 0.0115. The van der Waals surface area contributed by atoms with Crippen molar-refractivity contribution in [1.82, 2.24) is 5.32 Å². The molecule has 0 aromatic heterocycles. The first-order valence-corrected chi connectivity index (χ1v) is 4.18. The minimum atomic E-state index is 0. The first-order chi connectivity index (χ1) is 5.84. The Bertz CT molecular complexity index is 248. The average Bonchev–Trinajstić information content (AvgIpc) is 2.15. The number of rotatable bonds is 3. The third-order valence-electron chi connectivity index (χ3n) is 1.57. The van der Waals surface area contributed by atoms with Gasteiger partial charge < -0.3 is 5.32 Å². The molecule has 0 aliphatic heterocycles. The summed E-state index contributed by atoms with van der Waals surface area (Å²) in [4.78, 5) is 11.3. The summed E-state index contributed by atoms with van der Waals surface area (Å²) in [6.07, 6.45) is 0.971. The van der Waals surface area contributed by atoms with Gasteiger partial charge in [-0.15, -0.1) is 0 Å². The van der Waals surface area contributed by atoms with Crippen LogP contribution in [0.5, 0.6) is 0 Å². The van der Waals surface area contributed by atoms with E-state index in [0.717, 1.165) is 18.5 Å². The van der Waals surface area contributed by atoms with Crippen LogP contribution in [0.1, 0.15) is 23.7 Å². The van der Waals surface area contributed by atoms with Crippen LogP contribution in [-0.2, 0) is 0 Å². The van der Waals surface area contributed by atoms with Gasteiger partial charge in [-0.3, -0.25) is 4.79 Å². The molecular formula is C10H14LiNO. The SMILES string of the molecule is CCCNC(=O)c1ccccc1.[LiH]. The molecule has 1 amide bonds. The summed E-state index contributed by atoms with van der Waals surface area (Å²) in [5.41, 5.74) is 0.728. The van der Waals surface area contributed by atoms with E-state index in [4.69, 9.17) is 0 Å². The Morgan fingerprint density at radius 2 is 1.92 bits per heavy atom.